The number of halogens is 1. The van der Waals surface area contributed by atoms with Gasteiger partial charge in [0.25, 0.3) is 5.91 Å². The van der Waals surface area contributed by atoms with Crippen LogP contribution in [-0.2, 0) is 6.42 Å². The molecule has 1 N–H and O–H groups in total. The predicted molar refractivity (Wildman–Crippen MR) is 87.3 cm³/mol. The summed E-state index contributed by atoms with van der Waals surface area (Å²) in [7, 11) is 0. The standard InChI is InChI=1S/C16H13ClN2O2S/c17-13-4-2-1-3-12(13)14-5-6-15(21-14)16(20)18-8-7-11-9-22-10-19-11/h1-6,9-10H,7-8H2,(H,18,20). The number of thiazole rings is 1. The predicted octanol–water partition coefficient (Wildman–Crippen LogP) is 4.03. The van der Waals surface area contributed by atoms with Crippen molar-refractivity contribution in [3.05, 3.63) is 63.8 Å². The lowest BCUT2D eigenvalue weighted by Crippen LogP contribution is -2.25. The van der Waals surface area contributed by atoms with Crippen molar-refractivity contribution in [3.8, 4) is 11.3 Å². The van der Waals surface area contributed by atoms with Gasteiger partial charge in [0, 0.05) is 23.9 Å². The second-order valence-corrected chi connectivity index (χ2v) is 5.76. The number of carbonyl (C=O) groups is 1. The van der Waals surface area contributed by atoms with Gasteiger partial charge in [-0.1, -0.05) is 23.7 Å². The number of rotatable bonds is 5. The molecule has 22 heavy (non-hydrogen) atoms. The Morgan fingerprint density at radius 2 is 2.14 bits per heavy atom. The molecule has 112 valence electrons. The lowest BCUT2D eigenvalue weighted by atomic mass is 10.2. The van der Waals surface area contributed by atoms with Gasteiger partial charge in [-0.05, 0) is 24.3 Å². The molecule has 0 atom stereocenters. The van der Waals surface area contributed by atoms with Gasteiger partial charge in [0.05, 0.1) is 16.2 Å². The molecule has 0 saturated heterocycles. The number of nitrogens with zero attached hydrogens (tertiary/aromatic N) is 1. The van der Waals surface area contributed by atoms with Gasteiger partial charge < -0.3 is 9.73 Å². The second kappa shape index (κ2) is 6.77. The van der Waals surface area contributed by atoms with Crippen LogP contribution in [0.2, 0.25) is 5.02 Å². The van der Waals surface area contributed by atoms with E-state index < -0.39 is 0 Å². The number of hydrogen-bond donors (Lipinski definition) is 1. The van der Waals surface area contributed by atoms with Crippen molar-refractivity contribution in [3.63, 3.8) is 0 Å². The third-order valence-corrected chi connectivity index (χ3v) is 4.08. The van der Waals surface area contributed by atoms with Gasteiger partial charge in [-0.2, -0.15) is 0 Å². The summed E-state index contributed by atoms with van der Waals surface area (Å²) in [4.78, 5) is 16.2. The molecule has 3 rings (SSSR count). The average Bonchev–Trinajstić information content (AvgIpc) is 3.19. The van der Waals surface area contributed by atoms with E-state index in [0.29, 0.717) is 23.7 Å². The average molecular weight is 333 g/mol. The lowest BCUT2D eigenvalue weighted by molar-refractivity contribution is 0.0927. The summed E-state index contributed by atoms with van der Waals surface area (Å²) in [6, 6.07) is 10.8. The molecule has 0 bridgehead atoms. The maximum absolute atomic E-state index is 12.0. The molecule has 0 saturated carbocycles. The number of carbonyl (C=O) groups excluding carboxylic acids is 1. The molecule has 6 heteroatoms. The van der Waals surface area contributed by atoms with Crippen LogP contribution in [0, 0.1) is 0 Å². The van der Waals surface area contributed by atoms with E-state index in [0.717, 1.165) is 11.3 Å². The monoisotopic (exact) mass is 332 g/mol. The van der Waals surface area contributed by atoms with Crippen molar-refractivity contribution >= 4 is 28.8 Å². The molecule has 0 spiro atoms. The molecule has 1 aromatic carbocycles. The SMILES string of the molecule is O=C(NCCc1cscn1)c1ccc(-c2ccccc2Cl)o1. The van der Waals surface area contributed by atoms with E-state index in [4.69, 9.17) is 16.0 Å². The van der Waals surface area contributed by atoms with Gasteiger partial charge in [-0.3, -0.25) is 4.79 Å². The molecule has 0 aliphatic carbocycles. The van der Waals surface area contributed by atoms with Crippen molar-refractivity contribution in [2.45, 2.75) is 6.42 Å². The Balaban J connectivity index is 1.63. The van der Waals surface area contributed by atoms with Gasteiger partial charge >= 0.3 is 0 Å². The van der Waals surface area contributed by atoms with Gasteiger partial charge in [-0.15, -0.1) is 11.3 Å². The van der Waals surface area contributed by atoms with Crippen molar-refractivity contribution in [1.82, 2.24) is 10.3 Å². The fraction of sp³-hybridized carbons (Fsp3) is 0.125. The Morgan fingerprint density at radius 3 is 2.91 bits per heavy atom. The molecular weight excluding hydrogens is 320 g/mol. The Morgan fingerprint density at radius 1 is 1.27 bits per heavy atom. The summed E-state index contributed by atoms with van der Waals surface area (Å²) in [5, 5.41) is 5.37. The fourth-order valence-corrected chi connectivity index (χ4v) is 2.84. The number of furan rings is 1. The highest BCUT2D eigenvalue weighted by molar-refractivity contribution is 7.07. The molecule has 1 amide bonds. The summed E-state index contributed by atoms with van der Waals surface area (Å²) in [6.07, 6.45) is 0.702. The van der Waals surface area contributed by atoms with E-state index in [1.54, 1.807) is 35.0 Å². The summed E-state index contributed by atoms with van der Waals surface area (Å²) in [5.74, 6) is 0.608. The van der Waals surface area contributed by atoms with Crippen LogP contribution < -0.4 is 5.32 Å². The Hall–Kier alpha value is -2.11. The lowest BCUT2D eigenvalue weighted by Gasteiger charge is -2.02. The highest BCUT2D eigenvalue weighted by Gasteiger charge is 2.13. The first-order chi connectivity index (χ1) is 10.7. The van der Waals surface area contributed by atoms with Crippen molar-refractivity contribution in [2.75, 3.05) is 6.54 Å². The Labute approximate surface area is 136 Å². The summed E-state index contributed by atoms with van der Waals surface area (Å²) >= 11 is 7.66. The quantitative estimate of drug-likeness (QED) is 0.767. The van der Waals surface area contributed by atoms with Gasteiger partial charge in [0.1, 0.15) is 5.76 Å². The van der Waals surface area contributed by atoms with Crippen molar-refractivity contribution in [2.24, 2.45) is 0 Å². The number of aromatic nitrogens is 1. The van der Waals surface area contributed by atoms with Crippen LogP contribution in [-0.4, -0.2) is 17.4 Å². The van der Waals surface area contributed by atoms with Crippen molar-refractivity contribution < 1.29 is 9.21 Å². The third-order valence-electron chi connectivity index (χ3n) is 3.12. The van der Waals surface area contributed by atoms with E-state index in [1.165, 1.54) is 0 Å². The maximum atomic E-state index is 12.0. The maximum Gasteiger partial charge on any atom is 0.287 e. The van der Waals surface area contributed by atoms with Crippen LogP contribution in [0.25, 0.3) is 11.3 Å². The molecule has 0 fully saturated rings. The molecule has 0 unspecified atom stereocenters. The minimum Gasteiger partial charge on any atom is -0.451 e. The van der Waals surface area contributed by atoms with Gasteiger partial charge in [0.2, 0.25) is 0 Å². The number of hydrogen-bond acceptors (Lipinski definition) is 4. The topological polar surface area (TPSA) is 55.1 Å². The molecule has 3 aromatic rings. The third kappa shape index (κ3) is 3.37. The first-order valence-corrected chi connectivity index (χ1v) is 8.06. The van der Waals surface area contributed by atoms with Crippen LogP contribution >= 0.6 is 22.9 Å². The van der Waals surface area contributed by atoms with E-state index in [1.807, 2.05) is 23.6 Å². The Kier molecular flexibility index (Phi) is 4.56. The zero-order valence-electron chi connectivity index (χ0n) is 11.6. The molecule has 2 heterocycles. The summed E-state index contributed by atoms with van der Waals surface area (Å²) < 4.78 is 5.59. The molecule has 0 radical (unpaired) electrons. The largest absolute Gasteiger partial charge is 0.451 e. The summed E-state index contributed by atoms with van der Waals surface area (Å²) in [6.45, 7) is 0.519. The highest BCUT2D eigenvalue weighted by Crippen LogP contribution is 2.28. The first-order valence-electron chi connectivity index (χ1n) is 6.74. The van der Waals surface area contributed by atoms with E-state index in [2.05, 4.69) is 10.3 Å². The zero-order chi connectivity index (χ0) is 15.4. The normalized spacial score (nSPS) is 10.6. The van der Waals surface area contributed by atoms with Gasteiger partial charge in [0.15, 0.2) is 5.76 Å². The highest BCUT2D eigenvalue weighted by atomic mass is 35.5. The molecule has 0 aliphatic heterocycles. The van der Waals surface area contributed by atoms with Gasteiger partial charge in [-0.25, -0.2) is 4.98 Å². The van der Waals surface area contributed by atoms with Crippen molar-refractivity contribution in [1.29, 1.82) is 0 Å². The number of amides is 1. The van der Waals surface area contributed by atoms with Crippen LogP contribution in [0.15, 0.2) is 51.7 Å². The second-order valence-electron chi connectivity index (χ2n) is 4.63. The smallest absolute Gasteiger partial charge is 0.287 e. The van der Waals surface area contributed by atoms with E-state index >= 15 is 0 Å². The molecular formula is C16H13ClN2O2S. The van der Waals surface area contributed by atoms with Crippen LogP contribution in [0.5, 0.6) is 0 Å². The van der Waals surface area contributed by atoms with Crippen LogP contribution in [0.4, 0.5) is 0 Å². The minimum absolute atomic E-state index is 0.242. The molecule has 2 aromatic heterocycles. The zero-order valence-corrected chi connectivity index (χ0v) is 13.2. The first kappa shape index (κ1) is 14.8. The number of benzene rings is 1. The fourth-order valence-electron chi connectivity index (χ4n) is 2.02. The van der Waals surface area contributed by atoms with Crippen LogP contribution in [0.3, 0.4) is 0 Å². The van der Waals surface area contributed by atoms with E-state index in [9.17, 15) is 4.79 Å². The number of nitrogens with one attached hydrogen (secondary N) is 1. The molecule has 4 nitrogen and oxygen atoms in total. The molecule has 0 aliphatic rings. The van der Waals surface area contributed by atoms with Crippen LogP contribution in [0.1, 0.15) is 16.2 Å². The minimum atomic E-state index is -0.242. The Bertz CT molecular complexity index is 768. The van der Waals surface area contributed by atoms with E-state index in [-0.39, 0.29) is 11.7 Å². The summed E-state index contributed by atoms with van der Waals surface area (Å²) in [5.41, 5.74) is 3.52.